The van der Waals surface area contributed by atoms with E-state index < -0.39 is 0 Å². The molecule has 0 aliphatic rings. The first-order valence-corrected chi connectivity index (χ1v) is 18.3. The van der Waals surface area contributed by atoms with Crippen LogP contribution in [0.3, 0.4) is 0 Å². The van der Waals surface area contributed by atoms with Gasteiger partial charge in [-0.05, 0) is 83.9 Å². The Hall–Kier alpha value is -7.86. The smallest absolute Gasteiger partial charge is 0.101 e. The van der Waals surface area contributed by atoms with E-state index in [9.17, 15) is 10.5 Å². The van der Waals surface area contributed by atoms with Gasteiger partial charge in [-0.1, -0.05) is 103 Å². The molecule has 11 aromatic rings. The third-order valence-corrected chi connectivity index (χ3v) is 11.1. The molecule has 0 saturated carbocycles. The van der Waals surface area contributed by atoms with Crippen LogP contribution in [-0.4, -0.2) is 13.7 Å². The summed E-state index contributed by atoms with van der Waals surface area (Å²) in [5.41, 5.74) is 12.6. The summed E-state index contributed by atoms with van der Waals surface area (Å²) in [5, 5.41) is 27.4. The third kappa shape index (κ3) is 4.45. The minimum Gasteiger partial charge on any atom is -0.309 e. The van der Waals surface area contributed by atoms with Gasteiger partial charge in [0.25, 0.3) is 0 Å². The first-order chi connectivity index (χ1) is 27.2. The van der Waals surface area contributed by atoms with Crippen molar-refractivity contribution in [3.8, 4) is 40.3 Å². The second-order valence-electron chi connectivity index (χ2n) is 14.0. The van der Waals surface area contributed by atoms with E-state index >= 15 is 0 Å². The first kappa shape index (κ1) is 30.7. The average Bonchev–Trinajstić information content (AvgIpc) is 3.89. The highest BCUT2D eigenvalue weighted by Crippen LogP contribution is 2.41. The molecule has 5 heteroatoms. The van der Waals surface area contributed by atoms with Crippen molar-refractivity contribution in [3.05, 3.63) is 187 Å². The van der Waals surface area contributed by atoms with Crippen LogP contribution in [0.1, 0.15) is 11.1 Å². The maximum Gasteiger partial charge on any atom is 0.101 e. The number of rotatable bonds is 4. The fourth-order valence-electron chi connectivity index (χ4n) is 8.75. The van der Waals surface area contributed by atoms with Crippen molar-refractivity contribution in [2.75, 3.05) is 0 Å². The molecule has 55 heavy (non-hydrogen) atoms. The maximum atomic E-state index is 10.5. The zero-order chi connectivity index (χ0) is 36.6. The number of hydrogen-bond donors (Lipinski definition) is 0. The van der Waals surface area contributed by atoms with Gasteiger partial charge in [0.15, 0.2) is 0 Å². The fraction of sp³-hybridized carbons (Fsp3) is 0. The van der Waals surface area contributed by atoms with Gasteiger partial charge in [-0.15, -0.1) is 0 Å². The van der Waals surface area contributed by atoms with Crippen molar-refractivity contribution in [1.82, 2.24) is 13.7 Å². The molecule has 0 spiro atoms. The number of para-hydroxylation sites is 4. The molecule has 3 aromatic heterocycles. The molecule has 0 fully saturated rings. The van der Waals surface area contributed by atoms with E-state index in [0.717, 1.165) is 82.8 Å². The molecule has 5 nitrogen and oxygen atoms in total. The molecule has 0 atom stereocenters. The predicted octanol–water partition coefficient (Wildman–Crippen LogP) is 12.4. The van der Waals surface area contributed by atoms with Crippen LogP contribution >= 0.6 is 0 Å². The van der Waals surface area contributed by atoms with Gasteiger partial charge in [-0.25, -0.2) is 0 Å². The van der Waals surface area contributed by atoms with Gasteiger partial charge < -0.3 is 13.7 Å². The Balaban J connectivity index is 1.07. The van der Waals surface area contributed by atoms with Crippen molar-refractivity contribution < 1.29 is 0 Å². The lowest BCUT2D eigenvalue weighted by atomic mass is 10.0. The Morgan fingerprint density at radius 2 is 0.873 bits per heavy atom. The predicted molar refractivity (Wildman–Crippen MR) is 224 cm³/mol. The van der Waals surface area contributed by atoms with Gasteiger partial charge in [0, 0.05) is 38.0 Å². The van der Waals surface area contributed by atoms with Crippen LogP contribution in [0.4, 0.5) is 0 Å². The number of nitriles is 2. The average molecular weight is 700 g/mol. The highest BCUT2D eigenvalue weighted by Gasteiger charge is 2.20. The Morgan fingerprint density at radius 3 is 1.44 bits per heavy atom. The van der Waals surface area contributed by atoms with Crippen LogP contribution in [0.5, 0.6) is 0 Å². The van der Waals surface area contributed by atoms with Crippen LogP contribution in [0, 0.1) is 22.7 Å². The van der Waals surface area contributed by atoms with Crippen LogP contribution in [0.25, 0.3) is 93.6 Å². The van der Waals surface area contributed by atoms with Crippen molar-refractivity contribution in [2.24, 2.45) is 0 Å². The number of hydrogen-bond acceptors (Lipinski definition) is 2. The zero-order valence-corrected chi connectivity index (χ0v) is 29.5. The molecule has 0 saturated heterocycles. The van der Waals surface area contributed by atoms with E-state index in [1.165, 1.54) is 10.8 Å². The Morgan fingerprint density at radius 1 is 0.345 bits per heavy atom. The fourth-order valence-corrected chi connectivity index (χ4v) is 8.75. The molecule has 0 N–H and O–H groups in total. The summed E-state index contributed by atoms with van der Waals surface area (Å²) in [5.74, 6) is 0. The van der Waals surface area contributed by atoms with Gasteiger partial charge in [0.05, 0.1) is 61.7 Å². The van der Waals surface area contributed by atoms with Crippen LogP contribution < -0.4 is 0 Å². The molecule has 0 aliphatic heterocycles. The van der Waals surface area contributed by atoms with Gasteiger partial charge in [0.1, 0.15) is 6.07 Å². The Kier molecular flexibility index (Phi) is 6.61. The lowest BCUT2D eigenvalue weighted by Gasteiger charge is -2.13. The summed E-state index contributed by atoms with van der Waals surface area (Å²) in [4.78, 5) is 0. The Bertz CT molecular complexity index is 3350. The van der Waals surface area contributed by atoms with E-state index in [-0.39, 0.29) is 0 Å². The van der Waals surface area contributed by atoms with Crippen LogP contribution in [-0.2, 0) is 0 Å². The van der Waals surface area contributed by atoms with E-state index in [2.05, 4.69) is 171 Å². The summed E-state index contributed by atoms with van der Waals surface area (Å²) in [7, 11) is 0. The van der Waals surface area contributed by atoms with Crippen LogP contribution in [0.15, 0.2) is 176 Å². The summed E-state index contributed by atoms with van der Waals surface area (Å²) in [6, 6.07) is 65.8. The minimum absolute atomic E-state index is 0.608. The van der Waals surface area contributed by atoms with E-state index in [1.807, 2.05) is 30.3 Å². The lowest BCUT2D eigenvalue weighted by Crippen LogP contribution is -1.98. The lowest BCUT2D eigenvalue weighted by molar-refractivity contribution is 1.16. The summed E-state index contributed by atoms with van der Waals surface area (Å²) >= 11 is 0. The second kappa shape index (κ2) is 11.8. The minimum atomic E-state index is 0.608. The molecule has 254 valence electrons. The van der Waals surface area contributed by atoms with E-state index in [0.29, 0.717) is 11.1 Å². The summed E-state index contributed by atoms with van der Waals surface area (Å²) in [6.45, 7) is 0. The molecule has 8 aromatic carbocycles. The monoisotopic (exact) mass is 699 g/mol. The second-order valence-corrected chi connectivity index (χ2v) is 14.0. The number of benzene rings is 8. The van der Waals surface area contributed by atoms with Crippen molar-refractivity contribution in [1.29, 1.82) is 10.5 Å². The van der Waals surface area contributed by atoms with Gasteiger partial charge in [-0.2, -0.15) is 10.5 Å². The number of aromatic nitrogens is 3. The molecule has 0 radical (unpaired) electrons. The molecule has 0 aliphatic carbocycles. The molecule has 0 bridgehead atoms. The zero-order valence-electron chi connectivity index (χ0n) is 29.5. The number of fused-ring (bicyclic) bond motifs is 9. The normalized spacial score (nSPS) is 11.6. The quantitative estimate of drug-likeness (QED) is 0.184. The molecular weight excluding hydrogens is 671 g/mol. The SMILES string of the molecule is N#Cc1ccc2c3c(-n4c5ccccc5c5ccccc54)cccc3n(-c3ccc(-c4ccc(-n5c6ccccc6c6ccccc65)c(C#N)c4)cc3)c2c1. The molecule has 11 rings (SSSR count). The maximum absolute atomic E-state index is 10.5. The molecular formula is C50H29N5. The molecule has 0 unspecified atom stereocenters. The molecule has 0 amide bonds. The van der Waals surface area contributed by atoms with Gasteiger partial charge >= 0.3 is 0 Å². The van der Waals surface area contributed by atoms with Crippen molar-refractivity contribution in [2.45, 2.75) is 0 Å². The third-order valence-electron chi connectivity index (χ3n) is 11.1. The summed E-state index contributed by atoms with van der Waals surface area (Å²) in [6.07, 6.45) is 0. The standard InChI is InChI=1S/C50H29N5/c51-30-32-20-26-41-49(28-32)53(47-18-9-19-48(50(41)47)55-45-16-7-3-12-39(45)40-13-4-8-17-46(40)55)36-24-21-33(22-25-36)34-23-27-42(35(29-34)31-52)54-43-14-5-1-10-37(43)38-11-2-6-15-44(38)54/h1-29H. The topological polar surface area (TPSA) is 62.4 Å². The number of nitrogens with zero attached hydrogens (tertiary/aromatic N) is 5. The Labute approximate surface area is 316 Å². The van der Waals surface area contributed by atoms with Crippen molar-refractivity contribution in [3.63, 3.8) is 0 Å². The van der Waals surface area contributed by atoms with Crippen LogP contribution in [0.2, 0.25) is 0 Å². The van der Waals surface area contributed by atoms with Crippen molar-refractivity contribution >= 4 is 65.4 Å². The van der Waals surface area contributed by atoms with E-state index in [1.54, 1.807) is 0 Å². The molecule has 3 heterocycles. The summed E-state index contributed by atoms with van der Waals surface area (Å²) < 4.78 is 6.83. The van der Waals surface area contributed by atoms with Gasteiger partial charge in [-0.3, -0.25) is 0 Å². The van der Waals surface area contributed by atoms with E-state index in [4.69, 9.17) is 0 Å². The first-order valence-electron chi connectivity index (χ1n) is 18.3. The highest BCUT2D eigenvalue weighted by atomic mass is 15.0. The largest absolute Gasteiger partial charge is 0.309 e. The van der Waals surface area contributed by atoms with Gasteiger partial charge in [0.2, 0.25) is 0 Å². The highest BCUT2D eigenvalue weighted by molar-refractivity contribution is 6.16.